The molecule has 2 aliphatic rings. The average Bonchev–Trinajstić information content (AvgIpc) is 3.01. The second kappa shape index (κ2) is 6.81. The van der Waals surface area contributed by atoms with Crippen molar-refractivity contribution in [3.05, 3.63) is 63.1 Å². The van der Waals surface area contributed by atoms with Gasteiger partial charge in [0.2, 0.25) is 0 Å². The largest absolute Gasteiger partial charge is 0.391 e. The quantitative estimate of drug-likeness (QED) is 0.852. The Morgan fingerprint density at radius 2 is 1.88 bits per heavy atom. The zero-order chi connectivity index (χ0) is 17.6. The maximum atomic E-state index is 9.95. The predicted octanol–water partition coefficient (Wildman–Crippen LogP) is 4.14. The molecule has 25 heavy (non-hydrogen) atoms. The monoisotopic (exact) mass is 376 g/mol. The molecule has 0 radical (unpaired) electrons. The number of aliphatic hydroxyl groups excluding tert-OH is 1. The fraction of sp³-hybridized carbons (Fsp3) is 0.400. The van der Waals surface area contributed by atoms with Crippen LogP contribution >= 0.6 is 23.2 Å². The Balaban J connectivity index is 1.81. The van der Waals surface area contributed by atoms with Crippen LogP contribution < -0.4 is 4.90 Å². The number of aliphatic hydroxyl groups is 1. The van der Waals surface area contributed by atoms with Crippen molar-refractivity contribution in [1.29, 1.82) is 0 Å². The minimum atomic E-state index is -0.238. The molecule has 2 aliphatic heterocycles. The topological polar surface area (TPSA) is 26.7 Å². The molecule has 132 valence electrons. The molecule has 0 aromatic heterocycles. The van der Waals surface area contributed by atoms with E-state index in [1.165, 1.54) is 22.4 Å². The molecule has 2 aromatic rings. The summed E-state index contributed by atoms with van der Waals surface area (Å²) in [7, 11) is 2.13. The van der Waals surface area contributed by atoms with Crippen molar-refractivity contribution >= 4 is 28.9 Å². The summed E-state index contributed by atoms with van der Waals surface area (Å²) in [6, 6.07) is 12.4. The number of hydrogen-bond donors (Lipinski definition) is 1. The number of rotatable bonds is 2. The van der Waals surface area contributed by atoms with Crippen molar-refractivity contribution in [2.75, 3.05) is 31.6 Å². The summed E-state index contributed by atoms with van der Waals surface area (Å²) in [5, 5.41) is 11.4. The number of para-hydroxylation sites is 1. The molecule has 1 N–H and O–H groups in total. The van der Waals surface area contributed by atoms with Crippen LogP contribution in [0.15, 0.2) is 36.4 Å². The lowest BCUT2D eigenvalue weighted by Gasteiger charge is -2.35. The molecular formula is C20H22Cl2N2O. The molecule has 0 unspecified atom stereocenters. The Hall–Kier alpha value is -1.26. The second-order valence-electron chi connectivity index (χ2n) is 7.15. The summed E-state index contributed by atoms with van der Waals surface area (Å²) in [5.74, 6) is 0.221. The van der Waals surface area contributed by atoms with Crippen LogP contribution in [0.25, 0.3) is 0 Å². The Kier molecular flexibility index (Phi) is 4.67. The first-order valence-corrected chi connectivity index (χ1v) is 9.47. The number of benzene rings is 2. The number of β-amino-alcohol motifs (C(OH)–C–C–N with tert-alkyl or cyclic N) is 1. The molecule has 2 aromatic carbocycles. The van der Waals surface area contributed by atoms with Crippen LogP contribution in [0.4, 0.5) is 5.69 Å². The zero-order valence-electron chi connectivity index (χ0n) is 14.3. The van der Waals surface area contributed by atoms with E-state index in [0.717, 1.165) is 31.1 Å². The standard InChI is InChI=1S/C20H22Cl2N2O/c1-23-11-17(16-8-13(21)9-19(22)18(16)12-23)15-4-2-3-5-20(15)24-7-6-14(25)10-24/h2-5,8-9,14,17,25H,6-7,10-12H2,1H3/t14-,17+/m1/s1. The molecule has 2 atom stereocenters. The van der Waals surface area contributed by atoms with Crippen molar-refractivity contribution in [1.82, 2.24) is 4.90 Å². The number of halogens is 2. The molecule has 0 aliphatic carbocycles. The zero-order valence-corrected chi connectivity index (χ0v) is 15.8. The van der Waals surface area contributed by atoms with Gasteiger partial charge in [-0.1, -0.05) is 41.4 Å². The number of fused-ring (bicyclic) bond motifs is 1. The number of likely N-dealkylation sites (N-methyl/N-ethyl adjacent to an activating group) is 1. The van der Waals surface area contributed by atoms with Gasteiger partial charge in [0.25, 0.3) is 0 Å². The highest BCUT2D eigenvalue weighted by molar-refractivity contribution is 6.35. The van der Waals surface area contributed by atoms with Crippen LogP contribution in [0.2, 0.25) is 10.0 Å². The van der Waals surface area contributed by atoms with Crippen LogP contribution in [-0.4, -0.2) is 42.8 Å². The van der Waals surface area contributed by atoms with Gasteiger partial charge in [0.1, 0.15) is 0 Å². The first-order valence-electron chi connectivity index (χ1n) is 8.71. The van der Waals surface area contributed by atoms with Crippen molar-refractivity contribution in [2.24, 2.45) is 0 Å². The number of nitrogens with zero attached hydrogens (tertiary/aromatic N) is 2. The fourth-order valence-electron chi connectivity index (χ4n) is 4.14. The van der Waals surface area contributed by atoms with E-state index in [4.69, 9.17) is 23.2 Å². The third kappa shape index (κ3) is 3.26. The van der Waals surface area contributed by atoms with Gasteiger partial charge in [-0.25, -0.2) is 0 Å². The van der Waals surface area contributed by atoms with Gasteiger partial charge < -0.3 is 14.9 Å². The highest BCUT2D eigenvalue weighted by Crippen LogP contribution is 2.41. The molecule has 0 spiro atoms. The summed E-state index contributed by atoms with van der Waals surface area (Å²) >= 11 is 12.8. The Morgan fingerprint density at radius 1 is 1.08 bits per heavy atom. The molecular weight excluding hydrogens is 355 g/mol. The van der Waals surface area contributed by atoms with Gasteiger partial charge in [-0.2, -0.15) is 0 Å². The van der Waals surface area contributed by atoms with E-state index >= 15 is 0 Å². The van der Waals surface area contributed by atoms with Crippen LogP contribution in [0.3, 0.4) is 0 Å². The van der Waals surface area contributed by atoms with Crippen molar-refractivity contribution < 1.29 is 5.11 Å². The van der Waals surface area contributed by atoms with Crippen molar-refractivity contribution in [3.63, 3.8) is 0 Å². The molecule has 0 bridgehead atoms. The molecule has 2 heterocycles. The van der Waals surface area contributed by atoms with Crippen LogP contribution in [0.5, 0.6) is 0 Å². The Bertz CT molecular complexity index is 795. The molecule has 1 fully saturated rings. The maximum Gasteiger partial charge on any atom is 0.0731 e. The highest BCUT2D eigenvalue weighted by atomic mass is 35.5. The van der Waals surface area contributed by atoms with E-state index in [2.05, 4.69) is 47.2 Å². The van der Waals surface area contributed by atoms with E-state index in [0.29, 0.717) is 11.6 Å². The molecule has 5 heteroatoms. The van der Waals surface area contributed by atoms with Gasteiger partial charge in [0.15, 0.2) is 0 Å². The SMILES string of the molecule is CN1Cc2c(Cl)cc(Cl)cc2[C@H](c2ccccc2N2CC[C@@H](O)C2)C1. The molecule has 0 amide bonds. The third-order valence-corrected chi connectivity index (χ3v) is 5.86. The molecule has 4 rings (SSSR count). The first kappa shape index (κ1) is 17.2. The first-order chi connectivity index (χ1) is 12.0. The van der Waals surface area contributed by atoms with Gasteiger partial charge in [-0.15, -0.1) is 0 Å². The van der Waals surface area contributed by atoms with E-state index in [-0.39, 0.29) is 12.0 Å². The van der Waals surface area contributed by atoms with Gasteiger partial charge in [0.05, 0.1) is 6.10 Å². The maximum absolute atomic E-state index is 9.95. The average molecular weight is 377 g/mol. The van der Waals surface area contributed by atoms with E-state index in [1.54, 1.807) is 0 Å². The van der Waals surface area contributed by atoms with Crippen LogP contribution in [0.1, 0.15) is 29.0 Å². The second-order valence-corrected chi connectivity index (χ2v) is 8.00. The molecule has 3 nitrogen and oxygen atoms in total. The minimum absolute atomic E-state index is 0.221. The van der Waals surface area contributed by atoms with Gasteiger partial charge in [-0.3, -0.25) is 0 Å². The normalized spacial score (nSPS) is 23.8. The lowest BCUT2D eigenvalue weighted by molar-refractivity contribution is 0.198. The fourth-order valence-corrected chi connectivity index (χ4v) is 4.71. The smallest absolute Gasteiger partial charge is 0.0731 e. The Morgan fingerprint density at radius 3 is 2.64 bits per heavy atom. The summed E-state index contributed by atoms with van der Waals surface area (Å²) < 4.78 is 0. The molecule has 1 saturated heterocycles. The highest BCUT2D eigenvalue weighted by Gasteiger charge is 2.30. The number of anilines is 1. The van der Waals surface area contributed by atoms with Crippen LogP contribution in [0, 0.1) is 0 Å². The summed E-state index contributed by atoms with van der Waals surface area (Å²) in [6.07, 6.45) is 0.589. The summed E-state index contributed by atoms with van der Waals surface area (Å²) in [6.45, 7) is 3.36. The predicted molar refractivity (Wildman–Crippen MR) is 104 cm³/mol. The summed E-state index contributed by atoms with van der Waals surface area (Å²) in [4.78, 5) is 4.60. The van der Waals surface area contributed by atoms with Gasteiger partial charge in [-0.05, 0) is 48.4 Å². The number of hydrogen-bond acceptors (Lipinski definition) is 3. The minimum Gasteiger partial charge on any atom is -0.391 e. The third-order valence-electron chi connectivity index (χ3n) is 5.31. The summed E-state index contributed by atoms with van der Waals surface area (Å²) in [5.41, 5.74) is 4.88. The van der Waals surface area contributed by atoms with Crippen molar-refractivity contribution in [3.8, 4) is 0 Å². The van der Waals surface area contributed by atoms with E-state index in [1.807, 2.05) is 6.07 Å². The van der Waals surface area contributed by atoms with E-state index in [9.17, 15) is 5.11 Å². The van der Waals surface area contributed by atoms with Gasteiger partial charge in [0, 0.05) is 47.8 Å². The van der Waals surface area contributed by atoms with E-state index < -0.39 is 0 Å². The molecule has 0 saturated carbocycles. The van der Waals surface area contributed by atoms with Gasteiger partial charge >= 0.3 is 0 Å². The Labute approximate surface area is 158 Å². The lowest BCUT2D eigenvalue weighted by Crippen LogP contribution is -2.32. The lowest BCUT2D eigenvalue weighted by atomic mass is 9.83. The van der Waals surface area contributed by atoms with Crippen LogP contribution in [-0.2, 0) is 6.54 Å². The van der Waals surface area contributed by atoms with Crippen molar-refractivity contribution in [2.45, 2.75) is 25.0 Å².